The normalized spacial score (nSPS) is 21.6. The Morgan fingerprint density at radius 2 is 1.74 bits per heavy atom. The predicted molar refractivity (Wildman–Crippen MR) is 116 cm³/mol. The van der Waals surface area contributed by atoms with E-state index in [0.717, 1.165) is 50.4 Å². The number of ketones is 1. The van der Waals surface area contributed by atoms with E-state index in [1.54, 1.807) is 41.6 Å². The first-order valence-electron chi connectivity index (χ1n) is 10.6. The van der Waals surface area contributed by atoms with Crippen LogP contribution in [0.15, 0.2) is 54.4 Å². The van der Waals surface area contributed by atoms with Gasteiger partial charge >= 0.3 is 0 Å². The van der Waals surface area contributed by atoms with Gasteiger partial charge in [0.25, 0.3) is 11.7 Å². The first kappa shape index (κ1) is 21.2. The number of rotatable bonds is 6. The molecule has 2 aliphatic rings. The molecule has 2 aromatic rings. The zero-order chi connectivity index (χ0) is 21.8. The lowest BCUT2D eigenvalue weighted by Crippen LogP contribution is -2.38. The van der Waals surface area contributed by atoms with E-state index in [-0.39, 0.29) is 11.3 Å². The van der Waals surface area contributed by atoms with Crippen LogP contribution in [0.25, 0.3) is 5.76 Å². The third-order valence-corrected chi connectivity index (χ3v) is 5.86. The molecule has 1 aromatic carbocycles. The van der Waals surface area contributed by atoms with Gasteiger partial charge in [-0.05, 0) is 31.0 Å². The van der Waals surface area contributed by atoms with Crippen LogP contribution in [-0.4, -0.2) is 71.0 Å². The van der Waals surface area contributed by atoms with E-state index >= 15 is 0 Å². The molecule has 0 spiro atoms. The van der Waals surface area contributed by atoms with Crippen LogP contribution >= 0.6 is 0 Å². The molecule has 0 bridgehead atoms. The van der Waals surface area contributed by atoms with Crippen molar-refractivity contribution in [2.75, 3.05) is 39.4 Å². The number of morpholine rings is 1. The highest BCUT2D eigenvalue weighted by Crippen LogP contribution is 2.39. The second-order valence-electron chi connectivity index (χ2n) is 7.95. The monoisotopic (exact) mass is 421 g/mol. The van der Waals surface area contributed by atoms with Gasteiger partial charge in [-0.1, -0.05) is 29.8 Å². The number of nitrogens with zero attached hydrogens (tertiary/aromatic N) is 3. The number of carbonyl (C=O) groups is 2. The maximum atomic E-state index is 13.0. The maximum absolute atomic E-state index is 13.0. The quantitative estimate of drug-likeness (QED) is 0.439. The summed E-state index contributed by atoms with van der Waals surface area (Å²) in [7, 11) is 0. The molecular formula is C24H27N3O4. The average Bonchev–Trinajstić information content (AvgIpc) is 3.05. The second-order valence-corrected chi connectivity index (χ2v) is 7.95. The fourth-order valence-corrected chi connectivity index (χ4v) is 4.16. The molecule has 7 heteroatoms. The Balaban J connectivity index is 1.64. The summed E-state index contributed by atoms with van der Waals surface area (Å²) in [4.78, 5) is 33.9. The van der Waals surface area contributed by atoms with E-state index in [4.69, 9.17) is 4.74 Å². The zero-order valence-corrected chi connectivity index (χ0v) is 17.7. The summed E-state index contributed by atoms with van der Waals surface area (Å²) in [6.07, 6.45) is 4.00. The molecule has 0 aliphatic carbocycles. The summed E-state index contributed by atoms with van der Waals surface area (Å²) >= 11 is 0. The number of aromatic nitrogens is 1. The number of hydrogen-bond acceptors (Lipinski definition) is 6. The highest BCUT2D eigenvalue weighted by molar-refractivity contribution is 6.46. The molecule has 1 amide bonds. The number of amides is 1. The lowest BCUT2D eigenvalue weighted by atomic mass is 9.95. The van der Waals surface area contributed by atoms with Gasteiger partial charge in [-0.15, -0.1) is 0 Å². The van der Waals surface area contributed by atoms with Crippen molar-refractivity contribution in [3.63, 3.8) is 0 Å². The van der Waals surface area contributed by atoms with Gasteiger partial charge in [0, 0.05) is 44.1 Å². The van der Waals surface area contributed by atoms with E-state index in [9.17, 15) is 14.7 Å². The third-order valence-electron chi connectivity index (χ3n) is 5.86. The Bertz CT molecular complexity index is 966. The van der Waals surface area contributed by atoms with Crippen LogP contribution in [0, 0.1) is 6.92 Å². The number of carbonyl (C=O) groups excluding carboxylic acids is 2. The van der Waals surface area contributed by atoms with Crippen molar-refractivity contribution in [3.8, 4) is 0 Å². The van der Waals surface area contributed by atoms with Crippen molar-refractivity contribution < 1.29 is 19.4 Å². The van der Waals surface area contributed by atoms with E-state index < -0.39 is 17.7 Å². The molecule has 1 N–H and O–H groups in total. The van der Waals surface area contributed by atoms with E-state index in [1.807, 2.05) is 19.1 Å². The van der Waals surface area contributed by atoms with Gasteiger partial charge < -0.3 is 14.7 Å². The molecule has 1 atom stereocenters. The van der Waals surface area contributed by atoms with Crippen LogP contribution in [-0.2, 0) is 14.3 Å². The number of ether oxygens (including phenoxy) is 1. The van der Waals surface area contributed by atoms with E-state index in [2.05, 4.69) is 9.88 Å². The largest absolute Gasteiger partial charge is 0.507 e. The molecule has 2 fully saturated rings. The first-order valence-corrected chi connectivity index (χ1v) is 10.6. The number of likely N-dealkylation sites (tertiary alicyclic amines) is 1. The van der Waals surface area contributed by atoms with Gasteiger partial charge in [0.15, 0.2) is 0 Å². The van der Waals surface area contributed by atoms with Crippen LogP contribution in [0.4, 0.5) is 0 Å². The van der Waals surface area contributed by atoms with Crippen LogP contribution in [0.3, 0.4) is 0 Å². The molecule has 3 heterocycles. The number of benzene rings is 1. The van der Waals surface area contributed by atoms with Crippen molar-refractivity contribution in [3.05, 3.63) is 71.1 Å². The molecule has 1 aromatic heterocycles. The summed E-state index contributed by atoms with van der Waals surface area (Å²) in [6.45, 7) is 6.40. The van der Waals surface area contributed by atoms with Gasteiger partial charge in [-0.2, -0.15) is 0 Å². The summed E-state index contributed by atoms with van der Waals surface area (Å²) in [5, 5.41) is 11.0. The minimum absolute atomic E-state index is 0.131. The molecular weight excluding hydrogens is 394 g/mol. The Morgan fingerprint density at radius 1 is 1.06 bits per heavy atom. The SMILES string of the molecule is Cc1ccc(/C(O)=C2\C(=O)C(=O)N(CCCN3CCOCC3)[C@@H]2c2ccncc2)cc1. The van der Waals surface area contributed by atoms with Crippen LogP contribution < -0.4 is 0 Å². The van der Waals surface area contributed by atoms with Gasteiger partial charge in [-0.25, -0.2) is 0 Å². The van der Waals surface area contributed by atoms with Gasteiger partial charge in [0.2, 0.25) is 0 Å². The number of aliphatic hydroxyl groups excluding tert-OH is 1. The Hall–Kier alpha value is -3.03. The molecule has 31 heavy (non-hydrogen) atoms. The molecule has 162 valence electrons. The molecule has 0 radical (unpaired) electrons. The number of aliphatic hydroxyl groups is 1. The lowest BCUT2D eigenvalue weighted by Gasteiger charge is -2.29. The second kappa shape index (κ2) is 9.41. The summed E-state index contributed by atoms with van der Waals surface area (Å²) < 4.78 is 5.38. The zero-order valence-electron chi connectivity index (χ0n) is 17.7. The summed E-state index contributed by atoms with van der Waals surface area (Å²) in [6, 6.07) is 10.2. The smallest absolute Gasteiger partial charge is 0.295 e. The third kappa shape index (κ3) is 4.52. The Labute approximate surface area is 182 Å². The average molecular weight is 421 g/mol. The fraction of sp³-hybridized carbons (Fsp3) is 0.375. The predicted octanol–water partition coefficient (Wildman–Crippen LogP) is 2.53. The molecule has 2 saturated heterocycles. The van der Waals surface area contributed by atoms with Crippen molar-refractivity contribution >= 4 is 17.4 Å². The Morgan fingerprint density at radius 3 is 2.42 bits per heavy atom. The molecule has 0 saturated carbocycles. The Kier molecular flexibility index (Phi) is 6.44. The van der Waals surface area contributed by atoms with Crippen LogP contribution in [0.2, 0.25) is 0 Å². The highest BCUT2D eigenvalue weighted by atomic mass is 16.5. The standard InChI is InChI=1S/C24H27N3O4/c1-17-3-5-19(6-4-17)22(28)20-21(18-7-9-25-10-8-18)27(24(30)23(20)29)12-2-11-26-13-15-31-16-14-26/h3-10,21,28H,2,11-16H2,1H3/b22-20+/t21-/m1/s1. The maximum Gasteiger partial charge on any atom is 0.295 e. The van der Waals surface area contributed by atoms with Gasteiger partial charge in [0.1, 0.15) is 5.76 Å². The van der Waals surface area contributed by atoms with Gasteiger partial charge in [0.05, 0.1) is 24.8 Å². The minimum Gasteiger partial charge on any atom is -0.507 e. The number of aryl methyl sites for hydroxylation is 1. The topological polar surface area (TPSA) is 83.0 Å². The number of Topliss-reactive ketones (excluding diaryl/α,β-unsaturated/α-hetero) is 1. The van der Waals surface area contributed by atoms with Crippen molar-refractivity contribution in [2.24, 2.45) is 0 Å². The number of pyridine rings is 1. The summed E-state index contributed by atoms with van der Waals surface area (Å²) in [5.74, 6) is -1.36. The number of hydrogen-bond donors (Lipinski definition) is 1. The lowest BCUT2D eigenvalue weighted by molar-refractivity contribution is -0.140. The van der Waals surface area contributed by atoms with E-state index in [0.29, 0.717) is 12.1 Å². The van der Waals surface area contributed by atoms with Crippen molar-refractivity contribution in [1.82, 2.24) is 14.8 Å². The molecule has 7 nitrogen and oxygen atoms in total. The molecule has 0 unspecified atom stereocenters. The minimum atomic E-state index is -0.647. The highest BCUT2D eigenvalue weighted by Gasteiger charge is 2.45. The van der Waals surface area contributed by atoms with Crippen LogP contribution in [0.1, 0.15) is 29.2 Å². The van der Waals surface area contributed by atoms with Crippen LogP contribution in [0.5, 0.6) is 0 Å². The van der Waals surface area contributed by atoms with Gasteiger partial charge in [-0.3, -0.25) is 19.5 Å². The molecule has 4 rings (SSSR count). The van der Waals surface area contributed by atoms with E-state index in [1.165, 1.54) is 0 Å². The van der Waals surface area contributed by atoms with Crippen molar-refractivity contribution in [1.29, 1.82) is 0 Å². The fourth-order valence-electron chi connectivity index (χ4n) is 4.16. The van der Waals surface area contributed by atoms with Crippen molar-refractivity contribution in [2.45, 2.75) is 19.4 Å². The molecule has 2 aliphatic heterocycles. The summed E-state index contributed by atoms with van der Waals surface area (Å²) in [5.41, 5.74) is 2.46. The first-order chi connectivity index (χ1) is 15.1.